The number of rotatable bonds is 15. The summed E-state index contributed by atoms with van der Waals surface area (Å²) in [5, 5.41) is 0. The lowest BCUT2D eigenvalue weighted by atomic mass is 10.1. The van der Waals surface area contributed by atoms with Crippen LogP contribution in [0.3, 0.4) is 0 Å². The molecule has 0 aromatic heterocycles. The molecule has 158 valence electrons. The van der Waals surface area contributed by atoms with E-state index in [0.717, 1.165) is 38.2 Å². The molecular formula is C21H35N3O4. The van der Waals surface area contributed by atoms with E-state index in [9.17, 15) is 0 Å². The fraction of sp³-hybridized carbons (Fsp3) is 0.667. The van der Waals surface area contributed by atoms with Gasteiger partial charge in [-0.2, -0.15) is 0 Å². The molecule has 0 atom stereocenters. The lowest BCUT2D eigenvalue weighted by Gasteiger charge is -2.30. The summed E-state index contributed by atoms with van der Waals surface area (Å²) in [6.45, 7) is 11.1. The van der Waals surface area contributed by atoms with Crippen LogP contribution in [0.15, 0.2) is 29.3 Å². The Bertz CT molecular complexity index is 519. The normalized spacial score (nSPS) is 15.6. The summed E-state index contributed by atoms with van der Waals surface area (Å²) in [5.74, 6) is 0.871. The van der Waals surface area contributed by atoms with Gasteiger partial charge in [-0.05, 0) is 50.3 Å². The average Bonchev–Trinajstić information content (AvgIpc) is 2.72. The monoisotopic (exact) mass is 393 g/mol. The van der Waals surface area contributed by atoms with E-state index in [-0.39, 0.29) is 0 Å². The lowest BCUT2D eigenvalue weighted by molar-refractivity contribution is 0.0106. The van der Waals surface area contributed by atoms with E-state index in [1.54, 1.807) is 0 Å². The highest BCUT2D eigenvalue weighted by atomic mass is 16.6. The van der Waals surface area contributed by atoms with E-state index in [2.05, 4.69) is 28.7 Å². The molecule has 0 aliphatic carbocycles. The number of aliphatic imine (C=N–C) groups is 1. The van der Waals surface area contributed by atoms with Gasteiger partial charge in [0.05, 0.1) is 46.2 Å². The van der Waals surface area contributed by atoms with Crippen LogP contribution >= 0.6 is 0 Å². The van der Waals surface area contributed by atoms with Gasteiger partial charge in [0.1, 0.15) is 12.4 Å². The zero-order chi connectivity index (χ0) is 19.9. The van der Waals surface area contributed by atoms with E-state index < -0.39 is 0 Å². The molecule has 1 aromatic rings. The maximum atomic E-state index is 5.96. The summed E-state index contributed by atoms with van der Waals surface area (Å²) in [7, 11) is 0. The van der Waals surface area contributed by atoms with Crippen molar-refractivity contribution in [3.8, 4) is 5.75 Å². The molecule has 0 unspecified atom stereocenters. The van der Waals surface area contributed by atoms with Crippen molar-refractivity contribution in [2.45, 2.75) is 25.4 Å². The molecule has 0 radical (unpaired) electrons. The molecule has 7 heteroatoms. The Morgan fingerprint density at radius 2 is 1.46 bits per heavy atom. The smallest absolute Gasteiger partial charge is 0.119 e. The van der Waals surface area contributed by atoms with E-state index in [4.69, 9.17) is 24.7 Å². The van der Waals surface area contributed by atoms with Gasteiger partial charge in [0.15, 0.2) is 0 Å². The Labute approximate surface area is 168 Å². The molecular weight excluding hydrogens is 358 g/mol. The topological polar surface area (TPSA) is 78.5 Å². The van der Waals surface area contributed by atoms with Crippen molar-refractivity contribution in [3.63, 3.8) is 0 Å². The zero-order valence-electron chi connectivity index (χ0n) is 16.9. The predicted molar refractivity (Wildman–Crippen MR) is 111 cm³/mol. The largest absolute Gasteiger partial charge is 0.491 e. The molecule has 1 aliphatic heterocycles. The minimum Gasteiger partial charge on any atom is -0.491 e. The minimum absolute atomic E-state index is 0.375. The first kappa shape index (κ1) is 22.8. The van der Waals surface area contributed by atoms with Gasteiger partial charge >= 0.3 is 0 Å². The van der Waals surface area contributed by atoms with Gasteiger partial charge < -0.3 is 24.7 Å². The first-order valence-electron chi connectivity index (χ1n) is 10.1. The molecule has 0 saturated carbocycles. The fourth-order valence-corrected chi connectivity index (χ4v) is 2.95. The summed E-state index contributed by atoms with van der Waals surface area (Å²) in [5.41, 5.74) is 7.27. The molecule has 2 N–H and O–H groups in total. The van der Waals surface area contributed by atoms with Gasteiger partial charge in [-0.1, -0.05) is 12.1 Å². The second-order valence-corrected chi connectivity index (χ2v) is 6.89. The number of nitrogens with zero attached hydrogens (tertiary/aromatic N) is 2. The van der Waals surface area contributed by atoms with Crippen molar-refractivity contribution in [1.29, 1.82) is 0 Å². The first-order valence-corrected chi connectivity index (χ1v) is 10.1. The molecule has 2 rings (SSSR count). The Balaban J connectivity index is 1.44. The zero-order valence-corrected chi connectivity index (χ0v) is 16.9. The van der Waals surface area contributed by atoms with E-state index in [1.807, 2.05) is 12.1 Å². The van der Waals surface area contributed by atoms with Gasteiger partial charge in [0, 0.05) is 12.6 Å². The van der Waals surface area contributed by atoms with Crippen LogP contribution < -0.4 is 10.5 Å². The first-order chi connectivity index (χ1) is 13.8. The molecule has 28 heavy (non-hydrogen) atoms. The predicted octanol–water partition coefficient (Wildman–Crippen LogP) is 1.74. The summed E-state index contributed by atoms with van der Waals surface area (Å²) in [6.07, 6.45) is 2.18. The maximum Gasteiger partial charge on any atom is 0.119 e. The maximum absolute atomic E-state index is 5.96. The number of piperidine rings is 1. The lowest BCUT2D eigenvalue weighted by Crippen LogP contribution is -2.39. The second-order valence-electron chi connectivity index (χ2n) is 6.89. The van der Waals surface area contributed by atoms with Crippen LogP contribution in [0.25, 0.3) is 0 Å². The van der Waals surface area contributed by atoms with Crippen molar-refractivity contribution in [2.75, 3.05) is 65.9 Å². The average molecular weight is 394 g/mol. The second kappa shape index (κ2) is 14.5. The molecule has 1 saturated heterocycles. The number of hydrogen-bond acceptors (Lipinski definition) is 7. The molecule has 1 aliphatic rings. The molecule has 1 heterocycles. The van der Waals surface area contributed by atoms with Crippen molar-refractivity contribution in [1.82, 2.24) is 4.90 Å². The van der Waals surface area contributed by atoms with Crippen molar-refractivity contribution in [3.05, 3.63) is 29.8 Å². The van der Waals surface area contributed by atoms with Crippen LogP contribution in [0.1, 0.15) is 18.4 Å². The van der Waals surface area contributed by atoms with E-state index in [0.29, 0.717) is 58.8 Å². The van der Waals surface area contributed by atoms with Gasteiger partial charge in [-0.15, -0.1) is 0 Å². The van der Waals surface area contributed by atoms with Crippen LogP contribution in [0.5, 0.6) is 5.75 Å². The molecule has 7 nitrogen and oxygen atoms in total. The molecule has 0 bridgehead atoms. The SMILES string of the molecule is C=NCCOCCOCCOCCOc1ccc(CN2CCC(N)CC2)cc1. The molecule has 0 amide bonds. The summed E-state index contributed by atoms with van der Waals surface area (Å²) in [6, 6.07) is 8.68. The number of benzene rings is 1. The van der Waals surface area contributed by atoms with Gasteiger partial charge in [0.2, 0.25) is 0 Å². The number of nitrogens with two attached hydrogens (primary N) is 1. The summed E-state index contributed by atoms with van der Waals surface area (Å²) in [4.78, 5) is 6.17. The Kier molecular flexibility index (Phi) is 11.8. The van der Waals surface area contributed by atoms with E-state index in [1.165, 1.54) is 5.56 Å². The molecule has 0 spiro atoms. The van der Waals surface area contributed by atoms with Gasteiger partial charge in [-0.3, -0.25) is 9.89 Å². The van der Waals surface area contributed by atoms with Gasteiger partial charge in [-0.25, -0.2) is 0 Å². The third-order valence-electron chi connectivity index (χ3n) is 4.60. The molecule has 1 aromatic carbocycles. The van der Waals surface area contributed by atoms with Crippen LogP contribution in [0.2, 0.25) is 0 Å². The highest BCUT2D eigenvalue weighted by Crippen LogP contribution is 2.16. The van der Waals surface area contributed by atoms with Crippen molar-refractivity contribution >= 4 is 6.72 Å². The Morgan fingerprint density at radius 3 is 2.07 bits per heavy atom. The number of ether oxygens (including phenoxy) is 4. The minimum atomic E-state index is 0.375. The fourth-order valence-electron chi connectivity index (χ4n) is 2.95. The van der Waals surface area contributed by atoms with Crippen molar-refractivity contribution < 1.29 is 18.9 Å². The van der Waals surface area contributed by atoms with Crippen LogP contribution in [-0.4, -0.2) is 83.5 Å². The Morgan fingerprint density at radius 1 is 0.893 bits per heavy atom. The quantitative estimate of drug-likeness (QED) is 0.361. The summed E-state index contributed by atoms with van der Waals surface area (Å²) >= 11 is 0. The Hall–Kier alpha value is -1.51. The van der Waals surface area contributed by atoms with Crippen LogP contribution in [-0.2, 0) is 20.8 Å². The summed E-state index contributed by atoms with van der Waals surface area (Å²) < 4.78 is 21.9. The third kappa shape index (κ3) is 10.1. The van der Waals surface area contributed by atoms with Crippen LogP contribution in [0, 0.1) is 0 Å². The standard InChI is InChI=1S/C21H35N3O4/c1-23-8-11-25-12-13-26-14-15-27-16-17-28-21-4-2-19(3-5-21)18-24-9-6-20(22)7-10-24/h2-5,20H,1,6-18,22H2. The van der Waals surface area contributed by atoms with Crippen molar-refractivity contribution in [2.24, 2.45) is 10.7 Å². The van der Waals surface area contributed by atoms with E-state index >= 15 is 0 Å². The highest BCUT2D eigenvalue weighted by molar-refractivity contribution is 5.27. The van der Waals surface area contributed by atoms with Crippen LogP contribution in [0.4, 0.5) is 0 Å². The highest BCUT2D eigenvalue weighted by Gasteiger charge is 2.15. The number of likely N-dealkylation sites (tertiary alicyclic amines) is 1. The third-order valence-corrected chi connectivity index (χ3v) is 4.60. The van der Waals surface area contributed by atoms with Gasteiger partial charge in [0.25, 0.3) is 0 Å². The molecule has 1 fully saturated rings. The number of hydrogen-bond donors (Lipinski definition) is 1.